The summed E-state index contributed by atoms with van der Waals surface area (Å²) >= 11 is 14.3. The van der Waals surface area contributed by atoms with Crippen molar-refractivity contribution < 1.29 is 0 Å². The van der Waals surface area contributed by atoms with Gasteiger partial charge in [0.15, 0.2) is 5.82 Å². The van der Waals surface area contributed by atoms with E-state index in [2.05, 4.69) is 46.4 Å². The van der Waals surface area contributed by atoms with E-state index in [0.29, 0.717) is 21.9 Å². The minimum Gasteiger partial charge on any atom is -0.232 e. The van der Waals surface area contributed by atoms with Gasteiger partial charge >= 0.3 is 0 Å². The maximum Gasteiger partial charge on any atom is 0.161 e. The van der Waals surface area contributed by atoms with Crippen LogP contribution in [0, 0.1) is 3.57 Å². The Morgan fingerprint density at radius 1 is 1.17 bits per heavy atom. The molecule has 0 bridgehead atoms. The van der Waals surface area contributed by atoms with E-state index in [1.165, 1.54) is 0 Å². The van der Waals surface area contributed by atoms with Gasteiger partial charge in [0.2, 0.25) is 0 Å². The molecule has 18 heavy (non-hydrogen) atoms. The fraction of sp³-hybridized carbons (Fsp3) is 0.231. The minimum atomic E-state index is 0.301. The summed E-state index contributed by atoms with van der Waals surface area (Å²) < 4.78 is 0.912. The molecular formula is C13H11Cl2IN2. The lowest BCUT2D eigenvalue weighted by molar-refractivity contribution is 0.808. The number of benzene rings is 1. The first-order valence-corrected chi connectivity index (χ1v) is 7.31. The number of nitrogens with zero attached hydrogens (tertiary/aromatic N) is 2. The van der Waals surface area contributed by atoms with E-state index < -0.39 is 0 Å². The quantitative estimate of drug-likeness (QED) is 0.519. The van der Waals surface area contributed by atoms with Crippen molar-refractivity contribution in [2.45, 2.75) is 19.8 Å². The van der Waals surface area contributed by atoms with Gasteiger partial charge in [-0.1, -0.05) is 49.2 Å². The number of halogens is 3. The van der Waals surface area contributed by atoms with Crippen LogP contribution in [-0.2, 0) is 0 Å². The topological polar surface area (TPSA) is 25.8 Å². The average molecular weight is 393 g/mol. The highest BCUT2D eigenvalue weighted by molar-refractivity contribution is 14.1. The highest BCUT2D eigenvalue weighted by atomic mass is 127. The van der Waals surface area contributed by atoms with Gasteiger partial charge in [-0.05, 0) is 40.6 Å². The summed E-state index contributed by atoms with van der Waals surface area (Å²) in [6, 6.07) is 7.46. The van der Waals surface area contributed by atoms with E-state index in [4.69, 9.17) is 23.2 Å². The molecule has 0 unspecified atom stereocenters. The van der Waals surface area contributed by atoms with Crippen LogP contribution in [0.3, 0.4) is 0 Å². The predicted molar refractivity (Wildman–Crippen MR) is 84.3 cm³/mol. The first-order valence-electron chi connectivity index (χ1n) is 5.48. The average Bonchev–Trinajstić information content (AvgIpc) is 2.32. The largest absolute Gasteiger partial charge is 0.232 e. The van der Waals surface area contributed by atoms with E-state index in [1.807, 2.05) is 24.3 Å². The van der Waals surface area contributed by atoms with Crippen molar-refractivity contribution in [1.29, 1.82) is 0 Å². The van der Waals surface area contributed by atoms with Gasteiger partial charge in [0, 0.05) is 10.6 Å². The van der Waals surface area contributed by atoms with E-state index in [0.717, 1.165) is 14.8 Å². The van der Waals surface area contributed by atoms with Gasteiger partial charge in [-0.3, -0.25) is 0 Å². The van der Waals surface area contributed by atoms with Crippen molar-refractivity contribution in [3.8, 4) is 11.4 Å². The molecule has 0 aliphatic carbocycles. The van der Waals surface area contributed by atoms with Gasteiger partial charge in [0.05, 0.1) is 9.26 Å². The number of aromatic nitrogens is 2. The fourth-order valence-corrected chi connectivity index (χ4v) is 2.81. The van der Waals surface area contributed by atoms with Crippen LogP contribution in [0.4, 0.5) is 0 Å². The molecule has 0 saturated heterocycles. The SMILES string of the molecule is CC(C)c1nc(-c2cccc(Cl)c2)nc(Cl)c1I. The normalized spacial score (nSPS) is 11.0. The molecule has 94 valence electrons. The molecule has 0 fully saturated rings. The minimum absolute atomic E-state index is 0.301. The Morgan fingerprint density at radius 2 is 1.89 bits per heavy atom. The molecule has 2 aromatic rings. The second-order valence-electron chi connectivity index (χ2n) is 4.20. The van der Waals surface area contributed by atoms with Crippen LogP contribution in [0.2, 0.25) is 10.2 Å². The van der Waals surface area contributed by atoms with E-state index in [9.17, 15) is 0 Å². The molecule has 1 aromatic heterocycles. The molecule has 0 aliphatic rings. The molecule has 0 atom stereocenters. The molecule has 0 aliphatic heterocycles. The summed E-state index contributed by atoms with van der Waals surface area (Å²) in [4.78, 5) is 8.90. The van der Waals surface area contributed by atoms with Gasteiger partial charge in [-0.25, -0.2) is 9.97 Å². The third kappa shape index (κ3) is 2.95. The predicted octanol–water partition coefficient (Wildman–Crippen LogP) is 5.18. The number of rotatable bonds is 2. The highest BCUT2D eigenvalue weighted by Gasteiger charge is 2.14. The van der Waals surface area contributed by atoms with Gasteiger partial charge in [0.25, 0.3) is 0 Å². The fourth-order valence-electron chi connectivity index (χ4n) is 1.58. The third-order valence-electron chi connectivity index (χ3n) is 2.47. The van der Waals surface area contributed by atoms with E-state index >= 15 is 0 Å². The Morgan fingerprint density at radius 3 is 2.50 bits per heavy atom. The van der Waals surface area contributed by atoms with Crippen molar-refractivity contribution in [2.24, 2.45) is 0 Å². The molecule has 0 spiro atoms. The van der Waals surface area contributed by atoms with E-state index in [-0.39, 0.29) is 0 Å². The van der Waals surface area contributed by atoms with Crippen molar-refractivity contribution >= 4 is 45.8 Å². The second-order valence-corrected chi connectivity index (χ2v) is 6.08. The van der Waals surface area contributed by atoms with Crippen molar-refractivity contribution in [3.63, 3.8) is 0 Å². The number of hydrogen-bond acceptors (Lipinski definition) is 2. The molecule has 1 heterocycles. The molecule has 2 rings (SSSR count). The standard InChI is InChI=1S/C13H11Cl2IN2/c1-7(2)11-10(16)12(15)18-13(17-11)8-4-3-5-9(14)6-8/h3-7H,1-2H3. The van der Waals surface area contributed by atoms with Crippen LogP contribution in [0.5, 0.6) is 0 Å². The molecule has 0 amide bonds. The Labute approximate surface area is 130 Å². The Hall–Kier alpha value is -0.390. The van der Waals surface area contributed by atoms with Crippen LogP contribution in [0.15, 0.2) is 24.3 Å². The number of hydrogen-bond donors (Lipinski definition) is 0. The lowest BCUT2D eigenvalue weighted by atomic mass is 10.1. The summed E-state index contributed by atoms with van der Waals surface area (Å²) in [5, 5.41) is 1.15. The molecular weight excluding hydrogens is 382 g/mol. The first kappa shape index (κ1) is 14.0. The Bertz CT molecular complexity index is 585. The van der Waals surface area contributed by atoms with Crippen molar-refractivity contribution in [2.75, 3.05) is 0 Å². The van der Waals surface area contributed by atoms with Crippen LogP contribution < -0.4 is 0 Å². The smallest absolute Gasteiger partial charge is 0.161 e. The monoisotopic (exact) mass is 392 g/mol. The van der Waals surface area contributed by atoms with Crippen LogP contribution >= 0.6 is 45.8 Å². The van der Waals surface area contributed by atoms with Gasteiger partial charge in [-0.15, -0.1) is 0 Å². The van der Waals surface area contributed by atoms with Crippen LogP contribution in [0.1, 0.15) is 25.5 Å². The highest BCUT2D eigenvalue weighted by Crippen LogP contribution is 2.28. The zero-order chi connectivity index (χ0) is 13.3. The maximum absolute atomic E-state index is 6.16. The third-order valence-corrected chi connectivity index (χ3v) is 4.36. The summed E-state index contributed by atoms with van der Waals surface area (Å²) in [5.41, 5.74) is 1.84. The summed E-state index contributed by atoms with van der Waals surface area (Å²) in [6.45, 7) is 4.17. The first-order chi connectivity index (χ1) is 8.49. The molecule has 5 heteroatoms. The second kappa shape index (κ2) is 5.72. The van der Waals surface area contributed by atoms with E-state index in [1.54, 1.807) is 0 Å². The molecule has 0 N–H and O–H groups in total. The molecule has 2 nitrogen and oxygen atoms in total. The van der Waals surface area contributed by atoms with Crippen molar-refractivity contribution in [3.05, 3.63) is 43.7 Å². The maximum atomic E-state index is 6.16. The Kier molecular flexibility index (Phi) is 4.45. The lowest BCUT2D eigenvalue weighted by Gasteiger charge is -2.11. The summed E-state index contributed by atoms with van der Waals surface area (Å²) in [7, 11) is 0. The molecule has 0 radical (unpaired) electrons. The zero-order valence-electron chi connectivity index (χ0n) is 9.92. The van der Waals surface area contributed by atoms with Crippen LogP contribution in [0.25, 0.3) is 11.4 Å². The Balaban J connectivity index is 2.59. The zero-order valence-corrected chi connectivity index (χ0v) is 13.6. The molecule has 0 saturated carbocycles. The van der Waals surface area contributed by atoms with Gasteiger partial charge in [0.1, 0.15) is 5.15 Å². The van der Waals surface area contributed by atoms with Crippen molar-refractivity contribution in [1.82, 2.24) is 9.97 Å². The lowest BCUT2D eigenvalue weighted by Crippen LogP contribution is -2.02. The summed E-state index contributed by atoms with van der Waals surface area (Å²) in [5.74, 6) is 0.918. The van der Waals surface area contributed by atoms with Crippen LogP contribution in [-0.4, -0.2) is 9.97 Å². The van der Waals surface area contributed by atoms with Gasteiger partial charge in [-0.2, -0.15) is 0 Å². The van der Waals surface area contributed by atoms with Gasteiger partial charge < -0.3 is 0 Å². The molecule has 1 aromatic carbocycles. The summed E-state index contributed by atoms with van der Waals surface area (Å²) in [6.07, 6.45) is 0.